The van der Waals surface area contributed by atoms with E-state index in [0.717, 1.165) is 6.26 Å². The predicted molar refractivity (Wildman–Crippen MR) is 73.2 cm³/mol. The second-order valence-corrected chi connectivity index (χ2v) is 12.4. The zero-order valence-electron chi connectivity index (χ0n) is 12.0. The lowest BCUT2D eigenvalue weighted by atomic mass is 10.2. The molecule has 0 amide bonds. The third kappa shape index (κ3) is 7.18. The molecule has 0 radical (unpaired) electrons. The van der Waals surface area contributed by atoms with E-state index in [1.54, 1.807) is 0 Å². The molecule has 4 nitrogen and oxygen atoms in total. The summed E-state index contributed by atoms with van der Waals surface area (Å²) in [6.45, 7) is 13.1. The molecule has 104 valence electrons. The third-order valence-electron chi connectivity index (χ3n) is 3.12. The van der Waals surface area contributed by atoms with Crippen LogP contribution in [0.4, 0.5) is 0 Å². The van der Waals surface area contributed by atoms with E-state index in [1.807, 2.05) is 6.92 Å². The Kier molecular flexibility index (Phi) is 5.85. The fourth-order valence-electron chi connectivity index (χ4n) is 1.10. The van der Waals surface area contributed by atoms with Crippen molar-refractivity contribution in [2.24, 2.45) is 0 Å². The van der Waals surface area contributed by atoms with Gasteiger partial charge in [-0.05, 0) is 31.5 Å². The molecular formula is C11H26O4SSi. The lowest BCUT2D eigenvalue weighted by Gasteiger charge is -2.38. The molecule has 0 aromatic rings. The van der Waals surface area contributed by atoms with E-state index in [9.17, 15) is 8.42 Å². The van der Waals surface area contributed by atoms with Gasteiger partial charge in [0.15, 0.2) is 8.32 Å². The Labute approximate surface area is 107 Å². The summed E-state index contributed by atoms with van der Waals surface area (Å²) in [6.07, 6.45) is 1.68. The van der Waals surface area contributed by atoms with E-state index < -0.39 is 18.4 Å². The summed E-state index contributed by atoms with van der Waals surface area (Å²) in [7, 11) is -5.10. The molecule has 0 aliphatic heterocycles. The highest BCUT2D eigenvalue weighted by Crippen LogP contribution is 2.37. The highest BCUT2D eigenvalue weighted by Gasteiger charge is 2.38. The van der Waals surface area contributed by atoms with Gasteiger partial charge in [0.25, 0.3) is 10.1 Å². The molecule has 0 saturated carbocycles. The summed E-state index contributed by atoms with van der Waals surface area (Å²) in [4.78, 5) is 0. The van der Waals surface area contributed by atoms with Gasteiger partial charge >= 0.3 is 0 Å². The summed E-state index contributed by atoms with van der Waals surface area (Å²) in [5.41, 5.74) is 0. The highest BCUT2D eigenvalue weighted by atomic mass is 32.2. The van der Waals surface area contributed by atoms with Crippen LogP contribution < -0.4 is 0 Å². The summed E-state index contributed by atoms with van der Waals surface area (Å²) >= 11 is 0. The lowest BCUT2D eigenvalue weighted by molar-refractivity contribution is 0.163. The van der Waals surface area contributed by atoms with Crippen LogP contribution in [-0.2, 0) is 18.7 Å². The molecule has 6 heteroatoms. The second kappa shape index (κ2) is 5.82. The molecule has 0 aliphatic rings. The van der Waals surface area contributed by atoms with E-state index in [2.05, 4.69) is 33.9 Å². The quantitative estimate of drug-likeness (QED) is 0.555. The van der Waals surface area contributed by atoms with E-state index in [0.29, 0.717) is 6.42 Å². The number of hydrogen-bond donors (Lipinski definition) is 0. The van der Waals surface area contributed by atoms with Crippen LogP contribution in [0, 0.1) is 0 Å². The first kappa shape index (κ1) is 17.1. The summed E-state index contributed by atoms with van der Waals surface area (Å²) < 4.78 is 32.4. The molecule has 0 bridgehead atoms. The molecule has 17 heavy (non-hydrogen) atoms. The predicted octanol–water partition coefficient (Wildman–Crippen LogP) is 2.76. The van der Waals surface area contributed by atoms with Gasteiger partial charge in [0.2, 0.25) is 0 Å². The van der Waals surface area contributed by atoms with Crippen LogP contribution >= 0.6 is 0 Å². The Morgan fingerprint density at radius 3 is 2.06 bits per heavy atom. The average Bonchev–Trinajstić information content (AvgIpc) is 1.97. The topological polar surface area (TPSA) is 52.6 Å². The molecule has 0 fully saturated rings. The first-order valence-corrected chi connectivity index (χ1v) is 10.6. The monoisotopic (exact) mass is 282 g/mol. The molecule has 0 spiro atoms. The molecule has 0 saturated heterocycles. The SMILES string of the molecule is CC(CCOS(C)(=O)=O)O[Si](C)(C)C(C)(C)C. The fourth-order valence-corrected chi connectivity index (χ4v) is 2.98. The van der Waals surface area contributed by atoms with E-state index >= 15 is 0 Å². The van der Waals surface area contributed by atoms with Crippen LogP contribution in [0.1, 0.15) is 34.1 Å². The van der Waals surface area contributed by atoms with Gasteiger partial charge in [-0.25, -0.2) is 0 Å². The van der Waals surface area contributed by atoms with E-state index in [-0.39, 0.29) is 17.7 Å². The van der Waals surface area contributed by atoms with Crippen molar-refractivity contribution in [3.05, 3.63) is 0 Å². The maximum atomic E-state index is 10.8. The first-order chi connectivity index (χ1) is 7.35. The van der Waals surface area contributed by atoms with Crippen LogP contribution in [0.25, 0.3) is 0 Å². The van der Waals surface area contributed by atoms with Crippen LogP contribution in [0.3, 0.4) is 0 Å². The Morgan fingerprint density at radius 1 is 1.24 bits per heavy atom. The van der Waals surface area contributed by atoms with Gasteiger partial charge in [0, 0.05) is 6.10 Å². The fraction of sp³-hybridized carbons (Fsp3) is 1.00. The average molecular weight is 282 g/mol. The maximum Gasteiger partial charge on any atom is 0.264 e. The molecule has 1 atom stereocenters. The summed E-state index contributed by atoms with van der Waals surface area (Å²) in [6, 6.07) is 0. The first-order valence-electron chi connectivity index (χ1n) is 5.87. The van der Waals surface area contributed by atoms with Gasteiger partial charge in [-0.1, -0.05) is 20.8 Å². The standard InChI is InChI=1S/C11H26O4SSi/c1-10(8-9-14-16(5,12)13)15-17(6,7)11(2,3)4/h10H,8-9H2,1-7H3. The summed E-state index contributed by atoms with van der Waals surface area (Å²) in [5.74, 6) is 0. The van der Waals surface area contributed by atoms with Gasteiger partial charge in [0.05, 0.1) is 12.9 Å². The largest absolute Gasteiger partial charge is 0.414 e. The van der Waals surface area contributed by atoms with Crippen LogP contribution in [0.5, 0.6) is 0 Å². The molecule has 0 aliphatic carbocycles. The van der Waals surface area contributed by atoms with Crippen molar-refractivity contribution in [3.8, 4) is 0 Å². The van der Waals surface area contributed by atoms with E-state index in [1.165, 1.54) is 0 Å². The van der Waals surface area contributed by atoms with Crippen molar-refractivity contribution in [1.29, 1.82) is 0 Å². The van der Waals surface area contributed by atoms with Gasteiger partial charge in [-0.15, -0.1) is 0 Å². The van der Waals surface area contributed by atoms with Crippen LogP contribution in [0.15, 0.2) is 0 Å². The van der Waals surface area contributed by atoms with Crippen LogP contribution in [0.2, 0.25) is 18.1 Å². The zero-order chi connectivity index (χ0) is 13.9. The van der Waals surface area contributed by atoms with Crippen molar-refractivity contribution in [2.45, 2.75) is 58.4 Å². The molecule has 0 rings (SSSR count). The number of rotatable bonds is 6. The number of hydrogen-bond acceptors (Lipinski definition) is 4. The second-order valence-electron chi connectivity index (χ2n) is 6.00. The van der Waals surface area contributed by atoms with Crippen LogP contribution in [-0.4, -0.2) is 35.7 Å². The molecule has 0 aromatic heterocycles. The van der Waals surface area contributed by atoms with E-state index in [4.69, 9.17) is 8.61 Å². The van der Waals surface area contributed by atoms with Crippen molar-refractivity contribution < 1.29 is 17.0 Å². The lowest BCUT2D eigenvalue weighted by Crippen LogP contribution is -2.43. The van der Waals surface area contributed by atoms with Gasteiger partial charge in [0.1, 0.15) is 0 Å². The zero-order valence-corrected chi connectivity index (χ0v) is 13.8. The minimum atomic E-state index is -3.34. The maximum absolute atomic E-state index is 10.8. The van der Waals surface area contributed by atoms with Crippen molar-refractivity contribution in [1.82, 2.24) is 0 Å². The Balaban J connectivity index is 4.15. The smallest absolute Gasteiger partial charge is 0.264 e. The molecular weight excluding hydrogens is 256 g/mol. The summed E-state index contributed by atoms with van der Waals surface area (Å²) in [5, 5.41) is 0.166. The molecule has 0 heterocycles. The molecule has 0 N–H and O–H groups in total. The molecule has 0 aromatic carbocycles. The molecule has 1 unspecified atom stereocenters. The van der Waals surface area contributed by atoms with Crippen molar-refractivity contribution in [2.75, 3.05) is 12.9 Å². The Hall–Kier alpha value is 0.0869. The minimum Gasteiger partial charge on any atom is -0.414 e. The van der Waals surface area contributed by atoms with Gasteiger partial charge in [-0.2, -0.15) is 8.42 Å². The van der Waals surface area contributed by atoms with Crippen molar-refractivity contribution >= 4 is 18.4 Å². The normalized spacial score (nSPS) is 15.9. The highest BCUT2D eigenvalue weighted by molar-refractivity contribution is 7.85. The van der Waals surface area contributed by atoms with Gasteiger partial charge in [-0.3, -0.25) is 4.18 Å². The van der Waals surface area contributed by atoms with Gasteiger partial charge < -0.3 is 4.43 Å². The Morgan fingerprint density at radius 2 is 1.71 bits per heavy atom. The minimum absolute atomic E-state index is 0.0256. The van der Waals surface area contributed by atoms with Crippen molar-refractivity contribution in [3.63, 3.8) is 0 Å². The Bertz CT molecular complexity index is 330. The third-order valence-corrected chi connectivity index (χ3v) is 8.32.